The molecule has 0 aromatic heterocycles. The zero-order valence-corrected chi connectivity index (χ0v) is 16.2. The van der Waals surface area contributed by atoms with E-state index in [0.717, 1.165) is 30.2 Å². The molecule has 0 amide bonds. The van der Waals surface area contributed by atoms with E-state index in [9.17, 15) is 0 Å². The van der Waals surface area contributed by atoms with E-state index in [2.05, 4.69) is 56.4 Å². The Balaban J connectivity index is 1.96. The highest BCUT2D eigenvalue weighted by atomic mass is 16.5. The molecule has 0 radical (unpaired) electrons. The minimum atomic E-state index is 0.195. The Morgan fingerprint density at radius 3 is 2.12 bits per heavy atom. The van der Waals surface area contributed by atoms with Crippen LogP contribution in [0.2, 0.25) is 0 Å². The van der Waals surface area contributed by atoms with Crippen LogP contribution in [0.3, 0.4) is 0 Å². The molecule has 0 heterocycles. The average Bonchev–Trinajstić information content (AvgIpc) is 2.57. The van der Waals surface area contributed by atoms with Gasteiger partial charge in [0.25, 0.3) is 0 Å². The Morgan fingerprint density at radius 1 is 0.840 bits per heavy atom. The molecule has 2 rings (SSSR count). The van der Waals surface area contributed by atoms with E-state index in [4.69, 9.17) is 9.47 Å². The van der Waals surface area contributed by atoms with Crippen molar-refractivity contribution < 1.29 is 9.47 Å². The van der Waals surface area contributed by atoms with Crippen molar-refractivity contribution in [3.63, 3.8) is 0 Å². The van der Waals surface area contributed by atoms with Gasteiger partial charge < -0.3 is 14.8 Å². The SMILES string of the molecule is CCOc1ccc(CNCc2ccc(C(C)(C)C)cc2)c(OCC)c1. The van der Waals surface area contributed by atoms with E-state index >= 15 is 0 Å². The fourth-order valence-electron chi connectivity index (χ4n) is 2.69. The van der Waals surface area contributed by atoms with Crippen molar-refractivity contribution in [3.05, 3.63) is 59.2 Å². The Morgan fingerprint density at radius 2 is 1.52 bits per heavy atom. The number of benzene rings is 2. The summed E-state index contributed by atoms with van der Waals surface area (Å²) < 4.78 is 11.3. The van der Waals surface area contributed by atoms with Gasteiger partial charge in [-0.15, -0.1) is 0 Å². The molecule has 3 heteroatoms. The van der Waals surface area contributed by atoms with Crippen LogP contribution < -0.4 is 14.8 Å². The van der Waals surface area contributed by atoms with Crippen LogP contribution in [0.5, 0.6) is 11.5 Å². The Labute approximate surface area is 152 Å². The second-order valence-electron chi connectivity index (χ2n) is 7.19. The maximum atomic E-state index is 5.76. The Bertz CT molecular complexity index is 657. The lowest BCUT2D eigenvalue weighted by molar-refractivity contribution is 0.320. The van der Waals surface area contributed by atoms with Crippen molar-refractivity contribution in [1.82, 2.24) is 5.32 Å². The summed E-state index contributed by atoms with van der Waals surface area (Å²) >= 11 is 0. The third-order valence-corrected chi connectivity index (χ3v) is 4.11. The largest absolute Gasteiger partial charge is 0.494 e. The molecule has 1 N–H and O–H groups in total. The molecule has 0 saturated carbocycles. The summed E-state index contributed by atoms with van der Waals surface area (Å²) in [6.07, 6.45) is 0. The normalized spacial score (nSPS) is 11.4. The average molecular weight is 341 g/mol. The van der Waals surface area contributed by atoms with Gasteiger partial charge in [-0.05, 0) is 36.5 Å². The van der Waals surface area contributed by atoms with Crippen LogP contribution in [0.4, 0.5) is 0 Å². The van der Waals surface area contributed by atoms with Crippen molar-refractivity contribution in [3.8, 4) is 11.5 Å². The predicted octanol–water partition coefficient (Wildman–Crippen LogP) is 5.07. The Kier molecular flexibility index (Phi) is 6.89. The van der Waals surface area contributed by atoms with Gasteiger partial charge in [0, 0.05) is 24.7 Å². The summed E-state index contributed by atoms with van der Waals surface area (Å²) in [7, 11) is 0. The van der Waals surface area contributed by atoms with Crippen molar-refractivity contribution in [2.45, 2.75) is 53.1 Å². The lowest BCUT2D eigenvalue weighted by atomic mass is 9.87. The van der Waals surface area contributed by atoms with Crippen molar-refractivity contribution in [2.24, 2.45) is 0 Å². The number of nitrogens with one attached hydrogen (secondary N) is 1. The van der Waals surface area contributed by atoms with Gasteiger partial charge >= 0.3 is 0 Å². The lowest BCUT2D eigenvalue weighted by Gasteiger charge is -2.19. The van der Waals surface area contributed by atoms with Crippen LogP contribution >= 0.6 is 0 Å². The maximum Gasteiger partial charge on any atom is 0.127 e. The molecule has 0 aliphatic heterocycles. The van der Waals surface area contributed by atoms with Gasteiger partial charge in [0.15, 0.2) is 0 Å². The molecule has 0 unspecified atom stereocenters. The highest BCUT2D eigenvalue weighted by Crippen LogP contribution is 2.25. The topological polar surface area (TPSA) is 30.5 Å². The van der Waals surface area contributed by atoms with E-state index in [1.165, 1.54) is 11.1 Å². The summed E-state index contributed by atoms with van der Waals surface area (Å²) in [6, 6.07) is 14.9. The van der Waals surface area contributed by atoms with E-state index in [1.807, 2.05) is 26.0 Å². The molecule has 0 atom stereocenters. The van der Waals surface area contributed by atoms with Crippen LogP contribution in [-0.2, 0) is 18.5 Å². The van der Waals surface area contributed by atoms with E-state index in [0.29, 0.717) is 13.2 Å². The molecule has 0 fully saturated rings. The number of ether oxygens (including phenoxy) is 2. The minimum Gasteiger partial charge on any atom is -0.494 e. The second-order valence-corrected chi connectivity index (χ2v) is 7.19. The maximum absolute atomic E-state index is 5.76. The summed E-state index contributed by atoms with van der Waals surface area (Å²) in [5.41, 5.74) is 4.00. The molecular formula is C22H31NO2. The van der Waals surface area contributed by atoms with Crippen LogP contribution in [0.1, 0.15) is 51.3 Å². The molecule has 2 aromatic carbocycles. The quantitative estimate of drug-likeness (QED) is 0.727. The van der Waals surface area contributed by atoms with Gasteiger partial charge in [-0.2, -0.15) is 0 Å². The molecule has 3 nitrogen and oxygen atoms in total. The first-order chi connectivity index (χ1) is 11.9. The number of rotatable bonds is 8. The van der Waals surface area contributed by atoms with Crippen LogP contribution in [-0.4, -0.2) is 13.2 Å². The molecule has 136 valence electrons. The van der Waals surface area contributed by atoms with Gasteiger partial charge in [0.05, 0.1) is 13.2 Å². The highest BCUT2D eigenvalue weighted by Gasteiger charge is 2.12. The zero-order valence-electron chi connectivity index (χ0n) is 16.2. The molecule has 2 aromatic rings. The number of hydrogen-bond donors (Lipinski definition) is 1. The molecule has 0 aliphatic carbocycles. The lowest BCUT2D eigenvalue weighted by Crippen LogP contribution is -2.15. The third-order valence-electron chi connectivity index (χ3n) is 4.11. The minimum absolute atomic E-state index is 0.195. The van der Waals surface area contributed by atoms with Crippen molar-refractivity contribution in [1.29, 1.82) is 0 Å². The molecular weight excluding hydrogens is 310 g/mol. The van der Waals surface area contributed by atoms with Gasteiger partial charge in [0.2, 0.25) is 0 Å². The summed E-state index contributed by atoms with van der Waals surface area (Å²) in [5, 5.41) is 3.51. The second kappa shape index (κ2) is 8.91. The van der Waals surface area contributed by atoms with Crippen molar-refractivity contribution in [2.75, 3.05) is 13.2 Å². The first-order valence-corrected chi connectivity index (χ1v) is 9.12. The van der Waals surface area contributed by atoms with Gasteiger partial charge in [-0.25, -0.2) is 0 Å². The summed E-state index contributed by atoms with van der Waals surface area (Å²) in [4.78, 5) is 0. The van der Waals surface area contributed by atoms with E-state index < -0.39 is 0 Å². The molecule has 0 saturated heterocycles. The fraction of sp³-hybridized carbons (Fsp3) is 0.455. The van der Waals surface area contributed by atoms with Crippen molar-refractivity contribution >= 4 is 0 Å². The highest BCUT2D eigenvalue weighted by molar-refractivity contribution is 5.41. The molecule has 0 spiro atoms. The number of hydrogen-bond acceptors (Lipinski definition) is 3. The van der Waals surface area contributed by atoms with E-state index in [1.54, 1.807) is 0 Å². The first-order valence-electron chi connectivity index (χ1n) is 9.12. The molecule has 25 heavy (non-hydrogen) atoms. The standard InChI is InChI=1S/C22H31NO2/c1-6-24-20-13-10-18(21(14-20)25-7-2)16-23-15-17-8-11-19(12-9-17)22(3,4)5/h8-14,23H,6-7,15-16H2,1-5H3. The zero-order chi connectivity index (χ0) is 18.3. The Hall–Kier alpha value is -2.00. The summed E-state index contributed by atoms with van der Waals surface area (Å²) in [6.45, 7) is 13.6. The van der Waals surface area contributed by atoms with Crippen LogP contribution in [0.25, 0.3) is 0 Å². The van der Waals surface area contributed by atoms with Crippen LogP contribution in [0.15, 0.2) is 42.5 Å². The fourth-order valence-corrected chi connectivity index (χ4v) is 2.69. The molecule has 0 bridgehead atoms. The van der Waals surface area contributed by atoms with Gasteiger partial charge in [-0.1, -0.05) is 51.1 Å². The first kappa shape index (κ1) is 19.3. The summed E-state index contributed by atoms with van der Waals surface area (Å²) in [5.74, 6) is 1.75. The van der Waals surface area contributed by atoms with Gasteiger partial charge in [0.1, 0.15) is 11.5 Å². The van der Waals surface area contributed by atoms with Crippen LogP contribution in [0, 0.1) is 0 Å². The monoisotopic (exact) mass is 341 g/mol. The molecule has 0 aliphatic rings. The smallest absolute Gasteiger partial charge is 0.127 e. The third kappa shape index (κ3) is 5.79. The predicted molar refractivity (Wildman–Crippen MR) is 104 cm³/mol. The van der Waals surface area contributed by atoms with E-state index in [-0.39, 0.29) is 5.41 Å². The van der Waals surface area contributed by atoms with Gasteiger partial charge in [-0.3, -0.25) is 0 Å².